The molecule has 0 saturated heterocycles. The third-order valence-corrected chi connectivity index (χ3v) is 1.95. The molecule has 0 spiro atoms. The SMILES string of the molecule is CC(C)(C)c1[c]cc(C(F)(F)F)cc1. The number of alkyl halides is 3. The molecule has 0 amide bonds. The number of hydrogen-bond acceptors (Lipinski definition) is 0. The molecule has 0 aliphatic carbocycles. The molecule has 1 aromatic carbocycles. The second kappa shape index (κ2) is 3.30. The molecule has 0 atom stereocenters. The van der Waals surface area contributed by atoms with E-state index in [0.717, 1.165) is 17.7 Å². The summed E-state index contributed by atoms with van der Waals surface area (Å²) in [6, 6.07) is 6.23. The van der Waals surface area contributed by atoms with Gasteiger partial charge in [0.05, 0.1) is 5.56 Å². The first kappa shape index (κ1) is 11.1. The summed E-state index contributed by atoms with van der Waals surface area (Å²) in [4.78, 5) is 0. The Hall–Kier alpha value is -0.990. The summed E-state index contributed by atoms with van der Waals surface area (Å²) >= 11 is 0. The first-order valence-electron chi connectivity index (χ1n) is 4.30. The average Bonchev–Trinajstić information content (AvgIpc) is 2.01. The Bertz CT molecular complexity index is 268. The van der Waals surface area contributed by atoms with E-state index in [-0.39, 0.29) is 5.41 Å². The van der Waals surface area contributed by atoms with Crippen molar-refractivity contribution in [2.24, 2.45) is 0 Å². The van der Waals surface area contributed by atoms with Crippen LogP contribution < -0.4 is 0 Å². The Morgan fingerprint density at radius 3 is 1.93 bits per heavy atom. The van der Waals surface area contributed by atoms with E-state index >= 15 is 0 Å². The van der Waals surface area contributed by atoms with Crippen molar-refractivity contribution in [3.05, 3.63) is 35.4 Å². The highest BCUT2D eigenvalue weighted by molar-refractivity contribution is 5.27. The molecule has 1 rings (SSSR count). The van der Waals surface area contributed by atoms with Gasteiger partial charge in [0.25, 0.3) is 0 Å². The van der Waals surface area contributed by atoms with Gasteiger partial charge in [0.2, 0.25) is 0 Å². The Labute approximate surface area is 81.8 Å². The van der Waals surface area contributed by atoms with Crippen molar-refractivity contribution in [3.8, 4) is 0 Å². The Morgan fingerprint density at radius 2 is 1.64 bits per heavy atom. The average molecular weight is 201 g/mol. The smallest absolute Gasteiger partial charge is 0.166 e. The van der Waals surface area contributed by atoms with Gasteiger partial charge in [0, 0.05) is 0 Å². The summed E-state index contributed by atoms with van der Waals surface area (Å²) in [7, 11) is 0. The minimum Gasteiger partial charge on any atom is -0.166 e. The van der Waals surface area contributed by atoms with E-state index < -0.39 is 11.7 Å². The van der Waals surface area contributed by atoms with Crippen LogP contribution in [0.15, 0.2) is 18.2 Å². The molecule has 0 fully saturated rings. The van der Waals surface area contributed by atoms with E-state index in [4.69, 9.17) is 0 Å². The third-order valence-electron chi connectivity index (χ3n) is 1.95. The molecule has 0 bridgehead atoms. The third kappa shape index (κ3) is 2.50. The van der Waals surface area contributed by atoms with Crippen LogP contribution in [0.3, 0.4) is 0 Å². The highest BCUT2D eigenvalue weighted by atomic mass is 19.4. The summed E-state index contributed by atoms with van der Waals surface area (Å²) < 4.78 is 36.6. The maximum Gasteiger partial charge on any atom is 0.416 e. The van der Waals surface area contributed by atoms with Gasteiger partial charge in [-0.2, -0.15) is 13.2 Å². The molecule has 0 nitrogen and oxygen atoms in total. The Morgan fingerprint density at radius 1 is 1.07 bits per heavy atom. The molecule has 3 heteroatoms. The Kier molecular flexibility index (Phi) is 2.61. The van der Waals surface area contributed by atoms with Gasteiger partial charge < -0.3 is 0 Å². The minimum atomic E-state index is -4.27. The van der Waals surface area contributed by atoms with Crippen LogP contribution in [0, 0.1) is 6.07 Å². The molecule has 1 aromatic rings. The zero-order chi connectivity index (χ0) is 11.0. The Balaban J connectivity index is 3.02. The topological polar surface area (TPSA) is 0 Å². The van der Waals surface area contributed by atoms with Gasteiger partial charge in [-0.25, -0.2) is 0 Å². The first-order valence-corrected chi connectivity index (χ1v) is 4.30. The van der Waals surface area contributed by atoms with Gasteiger partial charge in [-0.3, -0.25) is 0 Å². The summed E-state index contributed by atoms with van der Waals surface area (Å²) in [6.45, 7) is 5.81. The van der Waals surface area contributed by atoms with Gasteiger partial charge in [-0.1, -0.05) is 26.8 Å². The fraction of sp³-hybridized carbons (Fsp3) is 0.455. The van der Waals surface area contributed by atoms with E-state index in [0.29, 0.717) is 0 Å². The highest BCUT2D eigenvalue weighted by Crippen LogP contribution is 2.30. The molecule has 1 radical (unpaired) electrons. The summed E-state index contributed by atoms with van der Waals surface area (Å²) in [6.07, 6.45) is -4.27. The van der Waals surface area contributed by atoms with Crippen molar-refractivity contribution in [1.82, 2.24) is 0 Å². The number of halogens is 3. The van der Waals surface area contributed by atoms with E-state index in [9.17, 15) is 13.2 Å². The number of rotatable bonds is 0. The lowest BCUT2D eigenvalue weighted by Gasteiger charge is -2.19. The predicted molar refractivity (Wildman–Crippen MR) is 49.0 cm³/mol. The van der Waals surface area contributed by atoms with Crippen LogP contribution in [-0.4, -0.2) is 0 Å². The minimum absolute atomic E-state index is 0.163. The van der Waals surface area contributed by atoms with Crippen molar-refractivity contribution in [1.29, 1.82) is 0 Å². The molecule has 0 aliphatic rings. The quantitative estimate of drug-likeness (QED) is 0.598. The standard InChI is InChI=1S/C11H12F3/c1-10(2,3)8-4-6-9(7-5-8)11(12,13)14/h4,6-7H,1-3H3. The molecular weight excluding hydrogens is 189 g/mol. The van der Waals surface area contributed by atoms with Gasteiger partial charge in [-0.05, 0) is 29.2 Å². The van der Waals surface area contributed by atoms with Gasteiger partial charge in [0.15, 0.2) is 0 Å². The van der Waals surface area contributed by atoms with Crippen LogP contribution in [0.4, 0.5) is 13.2 Å². The molecule has 0 heterocycles. The van der Waals surface area contributed by atoms with E-state index in [2.05, 4.69) is 6.07 Å². The maximum atomic E-state index is 12.2. The lowest BCUT2D eigenvalue weighted by atomic mass is 9.87. The normalized spacial score (nSPS) is 13.0. The van der Waals surface area contributed by atoms with Crippen LogP contribution in [0.25, 0.3) is 0 Å². The molecule has 0 aromatic heterocycles. The van der Waals surface area contributed by atoms with Crippen LogP contribution >= 0.6 is 0 Å². The molecule has 0 unspecified atom stereocenters. The molecular formula is C11H12F3. The molecule has 77 valence electrons. The number of benzene rings is 1. The van der Waals surface area contributed by atoms with Crippen LogP contribution in [-0.2, 0) is 11.6 Å². The van der Waals surface area contributed by atoms with Crippen molar-refractivity contribution in [2.45, 2.75) is 32.4 Å². The van der Waals surface area contributed by atoms with Crippen molar-refractivity contribution in [3.63, 3.8) is 0 Å². The lowest BCUT2D eigenvalue weighted by molar-refractivity contribution is -0.137. The first-order chi connectivity index (χ1) is 6.21. The fourth-order valence-electron chi connectivity index (χ4n) is 1.07. The van der Waals surface area contributed by atoms with Gasteiger partial charge in [-0.15, -0.1) is 0 Å². The highest BCUT2D eigenvalue weighted by Gasteiger charge is 2.30. The van der Waals surface area contributed by atoms with Crippen LogP contribution in [0.2, 0.25) is 0 Å². The van der Waals surface area contributed by atoms with Crippen molar-refractivity contribution < 1.29 is 13.2 Å². The van der Waals surface area contributed by atoms with Crippen molar-refractivity contribution in [2.75, 3.05) is 0 Å². The van der Waals surface area contributed by atoms with Crippen LogP contribution in [0.1, 0.15) is 31.9 Å². The second-order valence-electron chi connectivity index (χ2n) is 4.24. The zero-order valence-electron chi connectivity index (χ0n) is 8.37. The van der Waals surface area contributed by atoms with E-state index in [1.807, 2.05) is 20.8 Å². The predicted octanol–water partition coefficient (Wildman–Crippen LogP) is 3.80. The van der Waals surface area contributed by atoms with Crippen LogP contribution in [0.5, 0.6) is 0 Å². The van der Waals surface area contributed by atoms with E-state index in [1.54, 1.807) is 0 Å². The largest absolute Gasteiger partial charge is 0.416 e. The molecule has 14 heavy (non-hydrogen) atoms. The molecule has 0 saturated carbocycles. The summed E-state index contributed by atoms with van der Waals surface area (Å²) in [5.74, 6) is 0. The summed E-state index contributed by atoms with van der Waals surface area (Å²) in [5.41, 5.74) is -0.0274. The molecule has 0 aliphatic heterocycles. The second-order valence-corrected chi connectivity index (χ2v) is 4.24. The maximum absolute atomic E-state index is 12.2. The monoisotopic (exact) mass is 201 g/mol. The lowest BCUT2D eigenvalue weighted by Crippen LogP contribution is -2.12. The van der Waals surface area contributed by atoms with Crippen molar-refractivity contribution >= 4 is 0 Å². The fourth-order valence-corrected chi connectivity index (χ4v) is 1.07. The summed E-state index contributed by atoms with van der Waals surface area (Å²) in [5, 5.41) is 0. The zero-order valence-corrected chi connectivity index (χ0v) is 8.37. The molecule has 0 N–H and O–H groups in total. The number of hydrogen-bond donors (Lipinski definition) is 0. The van der Waals surface area contributed by atoms with E-state index in [1.165, 1.54) is 6.07 Å². The van der Waals surface area contributed by atoms with Gasteiger partial charge >= 0.3 is 6.18 Å². The van der Waals surface area contributed by atoms with Gasteiger partial charge in [0.1, 0.15) is 0 Å².